The normalized spacial score (nSPS) is 12.2. The van der Waals surface area contributed by atoms with Crippen LogP contribution >= 0.6 is 0 Å². The number of rotatable bonds is 5. The fourth-order valence-corrected chi connectivity index (χ4v) is 2.01. The van der Waals surface area contributed by atoms with Gasteiger partial charge in [-0.1, -0.05) is 25.7 Å². The molecular formula is C17H25NO2. The van der Waals surface area contributed by atoms with Crippen LogP contribution in [-0.2, 0) is 6.54 Å². The lowest BCUT2D eigenvalue weighted by molar-refractivity contribution is 0.200. The summed E-state index contributed by atoms with van der Waals surface area (Å²) in [5, 5.41) is 8.85. The Balaban J connectivity index is 3.01. The van der Waals surface area contributed by atoms with Crippen molar-refractivity contribution in [2.75, 3.05) is 20.8 Å². The second kappa shape index (κ2) is 7.94. The molecule has 1 rings (SSSR count). The molecule has 1 atom stereocenters. The van der Waals surface area contributed by atoms with Crippen molar-refractivity contribution in [3.05, 3.63) is 29.3 Å². The molecule has 0 bridgehead atoms. The summed E-state index contributed by atoms with van der Waals surface area (Å²) in [5.41, 5.74) is 2.07. The van der Waals surface area contributed by atoms with E-state index in [0.29, 0.717) is 12.0 Å². The second-order valence-corrected chi connectivity index (χ2v) is 5.38. The average molecular weight is 275 g/mol. The van der Waals surface area contributed by atoms with Crippen LogP contribution in [0, 0.1) is 17.8 Å². The van der Waals surface area contributed by atoms with Gasteiger partial charge in [0.15, 0.2) is 0 Å². The van der Waals surface area contributed by atoms with Crippen molar-refractivity contribution in [1.29, 1.82) is 0 Å². The molecule has 0 fully saturated rings. The molecule has 0 aromatic heterocycles. The van der Waals surface area contributed by atoms with E-state index >= 15 is 0 Å². The SMILES string of the molecule is COc1ccc(C#CCO)c(CN(C)C(C)C(C)C)c1. The molecule has 110 valence electrons. The summed E-state index contributed by atoms with van der Waals surface area (Å²) in [6, 6.07) is 6.35. The van der Waals surface area contributed by atoms with Gasteiger partial charge in [0.05, 0.1) is 7.11 Å². The summed E-state index contributed by atoms with van der Waals surface area (Å²) in [4.78, 5) is 2.31. The number of nitrogens with zero attached hydrogens (tertiary/aromatic N) is 1. The summed E-state index contributed by atoms with van der Waals surface area (Å²) in [6.45, 7) is 7.36. The van der Waals surface area contributed by atoms with Crippen LogP contribution in [-0.4, -0.2) is 36.8 Å². The molecule has 0 radical (unpaired) electrons. The second-order valence-electron chi connectivity index (χ2n) is 5.38. The van der Waals surface area contributed by atoms with Gasteiger partial charge in [-0.05, 0) is 43.7 Å². The number of methoxy groups -OCH3 is 1. The summed E-state index contributed by atoms with van der Waals surface area (Å²) in [6.07, 6.45) is 0. The van der Waals surface area contributed by atoms with E-state index in [-0.39, 0.29) is 6.61 Å². The first kappa shape index (κ1) is 16.6. The van der Waals surface area contributed by atoms with Gasteiger partial charge in [-0.3, -0.25) is 4.90 Å². The van der Waals surface area contributed by atoms with Crippen LogP contribution in [0.1, 0.15) is 31.9 Å². The number of aliphatic hydroxyl groups excluding tert-OH is 1. The standard InChI is InChI=1S/C17H25NO2/c1-13(2)14(3)18(4)12-16-11-17(20-5)9-8-15(16)7-6-10-19/h8-9,11,13-14,19H,10,12H2,1-5H3. The quantitative estimate of drug-likeness (QED) is 0.838. The Labute approximate surface area is 122 Å². The minimum atomic E-state index is -0.121. The highest BCUT2D eigenvalue weighted by atomic mass is 16.5. The monoisotopic (exact) mass is 275 g/mol. The Morgan fingerprint density at radius 2 is 2.00 bits per heavy atom. The maximum absolute atomic E-state index is 8.85. The molecule has 0 spiro atoms. The molecule has 0 aliphatic carbocycles. The zero-order valence-electron chi connectivity index (χ0n) is 13.1. The average Bonchev–Trinajstić information content (AvgIpc) is 2.44. The topological polar surface area (TPSA) is 32.7 Å². The van der Waals surface area contributed by atoms with Crippen LogP contribution in [0.3, 0.4) is 0 Å². The van der Waals surface area contributed by atoms with Gasteiger partial charge in [0, 0.05) is 18.2 Å². The Kier molecular flexibility index (Phi) is 6.57. The van der Waals surface area contributed by atoms with E-state index in [4.69, 9.17) is 9.84 Å². The lowest BCUT2D eigenvalue weighted by Gasteiger charge is -2.28. The van der Waals surface area contributed by atoms with Crippen LogP contribution in [0.25, 0.3) is 0 Å². The van der Waals surface area contributed by atoms with E-state index in [9.17, 15) is 0 Å². The van der Waals surface area contributed by atoms with Gasteiger partial charge in [-0.25, -0.2) is 0 Å². The van der Waals surface area contributed by atoms with Gasteiger partial charge in [0.2, 0.25) is 0 Å². The van der Waals surface area contributed by atoms with Gasteiger partial charge in [0.25, 0.3) is 0 Å². The van der Waals surface area contributed by atoms with Crippen LogP contribution < -0.4 is 4.74 Å². The van der Waals surface area contributed by atoms with E-state index < -0.39 is 0 Å². The van der Waals surface area contributed by atoms with Crippen molar-refractivity contribution >= 4 is 0 Å². The fraction of sp³-hybridized carbons (Fsp3) is 0.529. The smallest absolute Gasteiger partial charge is 0.119 e. The van der Waals surface area contributed by atoms with Crippen molar-refractivity contribution in [3.8, 4) is 17.6 Å². The zero-order valence-corrected chi connectivity index (χ0v) is 13.1. The molecule has 1 aromatic carbocycles. The van der Waals surface area contributed by atoms with Gasteiger partial charge in [-0.15, -0.1) is 0 Å². The largest absolute Gasteiger partial charge is 0.497 e. The third-order valence-electron chi connectivity index (χ3n) is 3.69. The van der Waals surface area contributed by atoms with Crippen molar-refractivity contribution in [3.63, 3.8) is 0 Å². The molecule has 0 amide bonds. The highest BCUT2D eigenvalue weighted by molar-refractivity contribution is 5.45. The highest BCUT2D eigenvalue weighted by Gasteiger charge is 2.14. The third kappa shape index (κ3) is 4.56. The number of hydrogen-bond acceptors (Lipinski definition) is 3. The van der Waals surface area contributed by atoms with E-state index in [2.05, 4.69) is 44.6 Å². The van der Waals surface area contributed by atoms with Gasteiger partial charge >= 0.3 is 0 Å². The van der Waals surface area contributed by atoms with Crippen LogP contribution in [0.15, 0.2) is 18.2 Å². The molecule has 3 nitrogen and oxygen atoms in total. The first-order chi connectivity index (χ1) is 9.49. The molecule has 20 heavy (non-hydrogen) atoms. The molecule has 0 aliphatic heterocycles. The molecule has 1 N–H and O–H groups in total. The Morgan fingerprint density at radius 3 is 2.55 bits per heavy atom. The van der Waals surface area contributed by atoms with Crippen LogP contribution in [0.2, 0.25) is 0 Å². The predicted molar refractivity (Wildman–Crippen MR) is 82.7 cm³/mol. The van der Waals surface area contributed by atoms with Crippen molar-refractivity contribution in [2.45, 2.75) is 33.4 Å². The van der Waals surface area contributed by atoms with Gasteiger partial charge in [0.1, 0.15) is 12.4 Å². The lowest BCUT2D eigenvalue weighted by atomic mass is 10.0. The molecule has 3 heteroatoms. The minimum Gasteiger partial charge on any atom is -0.497 e. The molecule has 1 unspecified atom stereocenters. The number of aliphatic hydroxyl groups is 1. The Morgan fingerprint density at radius 1 is 1.30 bits per heavy atom. The molecule has 0 saturated carbocycles. The first-order valence-corrected chi connectivity index (χ1v) is 6.96. The van der Waals surface area contributed by atoms with Crippen molar-refractivity contribution < 1.29 is 9.84 Å². The highest BCUT2D eigenvalue weighted by Crippen LogP contribution is 2.20. The molecule has 0 aliphatic rings. The maximum atomic E-state index is 8.85. The minimum absolute atomic E-state index is 0.121. The fourth-order valence-electron chi connectivity index (χ4n) is 2.01. The number of hydrogen-bond donors (Lipinski definition) is 1. The van der Waals surface area contributed by atoms with E-state index in [1.165, 1.54) is 0 Å². The summed E-state index contributed by atoms with van der Waals surface area (Å²) >= 11 is 0. The summed E-state index contributed by atoms with van der Waals surface area (Å²) in [7, 11) is 3.78. The predicted octanol–water partition coefficient (Wildman–Crippen LogP) is 2.52. The third-order valence-corrected chi connectivity index (χ3v) is 3.69. The van der Waals surface area contributed by atoms with E-state index in [0.717, 1.165) is 23.4 Å². The summed E-state index contributed by atoms with van der Waals surface area (Å²) < 4.78 is 5.29. The first-order valence-electron chi connectivity index (χ1n) is 6.96. The number of ether oxygens (including phenoxy) is 1. The molecule has 0 heterocycles. The van der Waals surface area contributed by atoms with Crippen molar-refractivity contribution in [1.82, 2.24) is 4.90 Å². The summed E-state index contributed by atoms with van der Waals surface area (Å²) in [5.74, 6) is 7.15. The lowest BCUT2D eigenvalue weighted by Crippen LogP contribution is -2.32. The van der Waals surface area contributed by atoms with E-state index in [1.807, 2.05) is 18.2 Å². The van der Waals surface area contributed by atoms with Crippen molar-refractivity contribution in [2.24, 2.45) is 5.92 Å². The molecular weight excluding hydrogens is 250 g/mol. The van der Waals surface area contributed by atoms with Gasteiger partial charge < -0.3 is 9.84 Å². The van der Waals surface area contributed by atoms with Gasteiger partial charge in [-0.2, -0.15) is 0 Å². The Bertz CT molecular complexity index is 485. The van der Waals surface area contributed by atoms with Crippen LogP contribution in [0.4, 0.5) is 0 Å². The number of benzene rings is 1. The van der Waals surface area contributed by atoms with Crippen LogP contribution in [0.5, 0.6) is 5.75 Å². The van der Waals surface area contributed by atoms with E-state index in [1.54, 1.807) is 7.11 Å². The maximum Gasteiger partial charge on any atom is 0.119 e. The zero-order chi connectivity index (χ0) is 15.1. The molecule has 1 aromatic rings. The molecule has 0 saturated heterocycles. The Hall–Kier alpha value is -1.50.